The lowest BCUT2D eigenvalue weighted by Crippen LogP contribution is -2.49. The van der Waals surface area contributed by atoms with Gasteiger partial charge in [-0.3, -0.25) is 4.90 Å². The van der Waals surface area contributed by atoms with Gasteiger partial charge < -0.3 is 5.73 Å². The Labute approximate surface area is 102 Å². The topological polar surface area (TPSA) is 29.3 Å². The molecule has 2 N–H and O–H groups in total. The van der Waals surface area contributed by atoms with Crippen LogP contribution < -0.4 is 5.73 Å². The smallest absolute Gasteiger partial charge is 0.0221 e. The third-order valence-corrected chi connectivity index (χ3v) is 3.99. The summed E-state index contributed by atoms with van der Waals surface area (Å²) in [4.78, 5) is 2.66. The Morgan fingerprint density at radius 1 is 1.12 bits per heavy atom. The number of hydrogen-bond acceptors (Lipinski definition) is 2. The molecule has 0 amide bonds. The summed E-state index contributed by atoms with van der Waals surface area (Å²) in [6.07, 6.45) is 11.0. The van der Waals surface area contributed by atoms with Crippen LogP contribution in [0.2, 0.25) is 0 Å². The van der Waals surface area contributed by atoms with Gasteiger partial charge in [-0.2, -0.15) is 0 Å². The number of rotatable bonds is 7. The van der Waals surface area contributed by atoms with E-state index in [1.54, 1.807) is 0 Å². The van der Waals surface area contributed by atoms with Crippen molar-refractivity contribution < 1.29 is 0 Å². The number of nitrogens with zero attached hydrogens (tertiary/aromatic N) is 1. The van der Waals surface area contributed by atoms with E-state index in [4.69, 9.17) is 5.73 Å². The first kappa shape index (κ1) is 14.0. The Kier molecular flexibility index (Phi) is 7.06. The quantitative estimate of drug-likeness (QED) is 0.676. The van der Waals surface area contributed by atoms with Crippen molar-refractivity contribution in [3.05, 3.63) is 0 Å². The van der Waals surface area contributed by atoms with Crippen molar-refractivity contribution in [2.75, 3.05) is 13.1 Å². The first-order chi connectivity index (χ1) is 7.79. The molecule has 0 aromatic carbocycles. The van der Waals surface area contributed by atoms with E-state index in [1.807, 2.05) is 0 Å². The Morgan fingerprint density at radius 2 is 1.88 bits per heavy atom. The highest BCUT2D eigenvalue weighted by Gasteiger charge is 2.25. The minimum atomic E-state index is 0.662. The molecule has 0 radical (unpaired) electrons. The third kappa shape index (κ3) is 4.42. The van der Waals surface area contributed by atoms with Crippen LogP contribution in [0.15, 0.2) is 0 Å². The minimum absolute atomic E-state index is 0.662. The molecule has 0 bridgehead atoms. The maximum Gasteiger partial charge on any atom is 0.0221 e. The molecular weight excluding hydrogens is 196 g/mol. The van der Waals surface area contributed by atoms with E-state index in [1.165, 1.54) is 57.9 Å². The highest BCUT2D eigenvalue weighted by atomic mass is 15.2. The first-order valence-corrected chi connectivity index (χ1v) is 7.25. The van der Waals surface area contributed by atoms with E-state index >= 15 is 0 Å². The van der Waals surface area contributed by atoms with Crippen LogP contribution in [0.1, 0.15) is 65.2 Å². The molecule has 0 spiro atoms. The Morgan fingerprint density at radius 3 is 2.56 bits per heavy atom. The predicted octanol–water partition coefficient (Wildman–Crippen LogP) is 3.16. The van der Waals surface area contributed by atoms with E-state index in [-0.39, 0.29) is 0 Å². The summed E-state index contributed by atoms with van der Waals surface area (Å²) in [5, 5.41) is 0. The van der Waals surface area contributed by atoms with Crippen LogP contribution in [-0.2, 0) is 0 Å². The number of nitrogens with two attached hydrogens (primary N) is 1. The van der Waals surface area contributed by atoms with Crippen molar-refractivity contribution in [2.24, 2.45) is 5.73 Å². The fourth-order valence-corrected chi connectivity index (χ4v) is 2.89. The van der Waals surface area contributed by atoms with Crippen molar-refractivity contribution in [1.29, 1.82) is 0 Å². The molecule has 1 fully saturated rings. The molecule has 2 unspecified atom stereocenters. The van der Waals surface area contributed by atoms with Gasteiger partial charge in [0.2, 0.25) is 0 Å². The lowest BCUT2D eigenvalue weighted by molar-refractivity contribution is 0.0951. The van der Waals surface area contributed by atoms with Crippen molar-refractivity contribution in [2.45, 2.75) is 77.3 Å². The van der Waals surface area contributed by atoms with Gasteiger partial charge >= 0.3 is 0 Å². The Bertz CT molecular complexity index is 170. The summed E-state index contributed by atoms with van der Waals surface area (Å²) in [5.74, 6) is 0. The average molecular weight is 226 g/mol. The second-order valence-corrected chi connectivity index (χ2v) is 5.32. The molecule has 2 atom stereocenters. The Balaban J connectivity index is 2.20. The SMILES string of the molecule is CCCCCCCN1C(C)CCCC1CN. The van der Waals surface area contributed by atoms with Gasteiger partial charge in [0.1, 0.15) is 0 Å². The molecule has 1 rings (SSSR count). The van der Waals surface area contributed by atoms with Gasteiger partial charge in [0.15, 0.2) is 0 Å². The van der Waals surface area contributed by atoms with E-state index < -0.39 is 0 Å². The molecular formula is C14H30N2. The molecule has 0 aromatic rings. The van der Waals surface area contributed by atoms with E-state index in [0.717, 1.165) is 12.6 Å². The minimum Gasteiger partial charge on any atom is -0.329 e. The zero-order valence-corrected chi connectivity index (χ0v) is 11.3. The van der Waals surface area contributed by atoms with Gasteiger partial charge in [-0.15, -0.1) is 0 Å². The zero-order chi connectivity index (χ0) is 11.8. The number of piperidine rings is 1. The van der Waals surface area contributed by atoms with Crippen LogP contribution in [0.25, 0.3) is 0 Å². The fourth-order valence-electron chi connectivity index (χ4n) is 2.89. The van der Waals surface area contributed by atoms with Crippen molar-refractivity contribution in [3.63, 3.8) is 0 Å². The van der Waals surface area contributed by atoms with Crippen LogP contribution in [0.4, 0.5) is 0 Å². The van der Waals surface area contributed by atoms with Crippen LogP contribution in [0.5, 0.6) is 0 Å². The summed E-state index contributed by atoms with van der Waals surface area (Å²) < 4.78 is 0. The molecule has 1 heterocycles. The van der Waals surface area contributed by atoms with Crippen molar-refractivity contribution in [1.82, 2.24) is 4.90 Å². The summed E-state index contributed by atoms with van der Waals surface area (Å²) >= 11 is 0. The van der Waals surface area contributed by atoms with Crippen LogP contribution in [0, 0.1) is 0 Å². The lowest BCUT2D eigenvalue weighted by atomic mass is 9.96. The molecule has 1 aliphatic rings. The number of hydrogen-bond donors (Lipinski definition) is 1. The molecule has 0 aliphatic carbocycles. The van der Waals surface area contributed by atoms with Gasteiger partial charge in [0, 0.05) is 18.6 Å². The van der Waals surface area contributed by atoms with Gasteiger partial charge in [-0.25, -0.2) is 0 Å². The van der Waals surface area contributed by atoms with E-state index in [2.05, 4.69) is 18.7 Å². The molecule has 1 aliphatic heterocycles. The summed E-state index contributed by atoms with van der Waals surface area (Å²) in [6, 6.07) is 1.42. The first-order valence-electron chi connectivity index (χ1n) is 7.25. The van der Waals surface area contributed by atoms with Gasteiger partial charge in [-0.1, -0.05) is 39.0 Å². The van der Waals surface area contributed by atoms with Gasteiger partial charge in [0.25, 0.3) is 0 Å². The van der Waals surface area contributed by atoms with Crippen LogP contribution >= 0.6 is 0 Å². The normalized spacial score (nSPS) is 27.2. The van der Waals surface area contributed by atoms with Crippen molar-refractivity contribution >= 4 is 0 Å². The van der Waals surface area contributed by atoms with Crippen LogP contribution in [0.3, 0.4) is 0 Å². The largest absolute Gasteiger partial charge is 0.329 e. The highest BCUT2D eigenvalue weighted by molar-refractivity contribution is 4.82. The maximum atomic E-state index is 5.87. The molecule has 2 heteroatoms. The van der Waals surface area contributed by atoms with Gasteiger partial charge in [0.05, 0.1) is 0 Å². The third-order valence-electron chi connectivity index (χ3n) is 3.99. The molecule has 2 nitrogen and oxygen atoms in total. The average Bonchev–Trinajstić information content (AvgIpc) is 2.30. The highest BCUT2D eigenvalue weighted by Crippen LogP contribution is 2.22. The Hall–Kier alpha value is -0.0800. The standard InChI is InChI=1S/C14H30N2/c1-3-4-5-6-7-11-16-13(2)9-8-10-14(16)12-15/h13-14H,3-12,15H2,1-2H3. The van der Waals surface area contributed by atoms with E-state index in [9.17, 15) is 0 Å². The van der Waals surface area contributed by atoms with Gasteiger partial charge in [-0.05, 0) is 32.7 Å². The van der Waals surface area contributed by atoms with Crippen LogP contribution in [-0.4, -0.2) is 30.1 Å². The number of likely N-dealkylation sites (tertiary alicyclic amines) is 1. The summed E-state index contributed by atoms with van der Waals surface area (Å²) in [6.45, 7) is 6.76. The van der Waals surface area contributed by atoms with E-state index in [0.29, 0.717) is 6.04 Å². The predicted molar refractivity (Wildman–Crippen MR) is 71.6 cm³/mol. The molecule has 0 aromatic heterocycles. The maximum absolute atomic E-state index is 5.87. The summed E-state index contributed by atoms with van der Waals surface area (Å²) in [5.41, 5.74) is 5.87. The number of unbranched alkanes of at least 4 members (excludes halogenated alkanes) is 4. The molecule has 96 valence electrons. The fraction of sp³-hybridized carbons (Fsp3) is 1.00. The lowest BCUT2D eigenvalue weighted by Gasteiger charge is -2.40. The zero-order valence-electron chi connectivity index (χ0n) is 11.3. The van der Waals surface area contributed by atoms with Crippen molar-refractivity contribution in [3.8, 4) is 0 Å². The summed E-state index contributed by atoms with van der Waals surface area (Å²) in [7, 11) is 0. The molecule has 1 saturated heterocycles. The monoisotopic (exact) mass is 226 g/mol. The second-order valence-electron chi connectivity index (χ2n) is 5.32. The second kappa shape index (κ2) is 8.08. The molecule has 16 heavy (non-hydrogen) atoms. The molecule has 0 saturated carbocycles.